The Labute approximate surface area is 212 Å². The van der Waals surface area contributed by atoms with Gasteiger partial charge in [-0.3, -0.25) is 0 Å². The first-order valence-electron chi connectivity index (χ1n) is 12.8. The molecule has 1 heterocycles. The third kappa shape index (κ3) is 4.74. The number of hydrogen-bond donors (Lipinski definition) is 2. The van der Waals surface area contributed by atoms with Gasteiger partial charge in [-0.15, -0.1) is 0 Å². The van der Waals surface area contributed by atoms with Gasteiger partial charge in [-0.1, -0.05) is 86.6 Å². The molecular formula is C32H33NO3. The van der Waals surface area contributed by atoms with Gasteiger partial charge in [0.1, 0.15) is 11.9 Å². The van der Waals surface area contributed by atoms with Crippen LogP contribution in [0.5, 0.6) is 5.75 Å². The van der Waals surface area contributed by atoms with Crippen LogP contribution in [0.15, 0.2) is 84.9 Å². The van der Waals surface area contributed by atoms with Crippen molar-refractivity contribution in [2.45, 2.75) is 51.2 Å². The summed E-state index contributed by atoms with van der Waals surface area (Å²) in [6, 6.07) is 29.2. The van der Waals surface area contributed by atoms with Gasteiger partial charge in [-0.25, -0.2) is 4.79 Å². The molecule has 4 aromatic rings. The Bertz CT molecular complexity index is 1390. The Balaban J connectivity index is 1.40. The Kier molecular flexibility index (Phi) is 6.80. The smallest absolute Gasteiger partial charge is 0.335 e. The van der Waals surface area contributed by atoms with Gasteiger partial charge in [-0.05, 0) is 58.9 Å². The molecule has 0 saturated carbocycles. The van der Waals surface area contributed by atoms with Crippen molar-refractivity contribution in [2.75, 3.05) is 6.54 Å². The zero-order valence-corrected chi connectivity index (χ0v) is 21.1. The van der Waals surface area contributed by atoms with Gasteiger partial charge < -0.3 is 15.2 Å². The highest BCUT2D eigenvalue weighted by Gasteiger charge is 2.30. The van der Waals surface area contributed by atoms with Crippen molar-refractivity contribution in [1.82, 2.24) is 5.32 Å². The van der Waals surface area contributed by atoms with Gasteiger partial charge in [0, 0.05) is 24.1 Å². The van der Waals surface area contributed by atoms with Crippen molar-refractivity contribution in [2.24, 2.45) is 0 Å². The number of aromatic carboxylic acids is 1. The number of nitrogens with one attached hydrogen (secondary N) is 1. The molecule has 1 aliphatic rings. The summed E-state index contributed by atoms with van der Waals surface area (Å²) in [6.45, 7) is 6.96. The molecule has 184 valence electrons. The Morgan fingerprint density at radius 3 is 2.50 bits per heavy atom. The maximum atomic E-state index is 12.0. The number of rotatable bonds is 7. The second kappa shape index (κ2) is 10.2. The number of carbonyl (C=O) groups is 1. The van der Waals surface area contributed by atoms with Crippen molar-refractivity contribution in [3.05, 3.63) is 113 Å². The molecule has 4 heteroatoms. The third-order valence-electron chi connectivity index (χ3n) is 7.36. The molecule has 2 N–H and O–H groups in total. The molecule has 0 amide bonds. The standard InChI is InChI=1S/C32H33NO3/c1-20(2)25-16-15-23(17-30(25)32(34)35)29-18-24(36-31-14-7-6-12-28(29)31)19-33-21(3)26-13-8-10-22-9-4-5-11-27(22)26/h4-17,20-21,24,29,33H,18-19H2,1-3H3,(H,34,35)/t21?,24-,29+/m1/s1. The molecule has 0 radical (unpaired) electrons. The molecule has 4 aromatic carbocycles. The van der Waals surface area contributed by atoms with Crippen LogP contribution in [-0.4, -0.2) is 23.7 Å². The van der Waals surface area contributed by atoms with Crippen LogP contribution in [0, 0.1) is 0 Å². The zero-order valence-electron chi connectivity index (χ0n) is 21.1. The van der Waals surface area contributed by atoms with Crippen LogP contribution in [0.3, 0.4) is 0 Å². The summed E-state index contributed by atoms with van der Waals surface area (Å²) >= 11 is 0. The minimum absolute atomic E-state index is 0.0274. The number of para-hydroxylation sites is 1. The Morgan fingerprint density at radius 2 is 1.69 bits per heavy atom. The lowest BCUT2D eigenvalue weighted by molar-refractivity contribution is 0.0695. The average molecular weight is 480 g/mol. The highest BCUT2D eigenvalue weighted by molar-refractivity contribution is 5.90. The summed E-state index contributed by atoms with van der Waals surface area (Å²) in [6.07, 6.45) is 0.757. The van der Waals surface area contributed by atoms with Crippen LogP contribution in [0.1, 0.15) is 77.7 Å². The normalized spacial score (nSPS) is 18.0. The monoisotopic (exact) mass is 479 g/mol. The van der Waals surface area contributed by atoms with E-state index in [0.29, 0.717) is 12.1 Å². The number of hydrogen-bond acceptors (Lipinski definition) is 3. The van der Waals surface area contributed by atoms with Crippen molar-refractivity contribution in [3.63, 3.8) is 0 Å². The summed E-state index contributed by atoms with van der Waals surface area (Å²) in [4.78, 5) is 12.0. The highest BCUT2D eigenvalue weighted by atomic mass is 16.5. The lowest BCUT2D eigenvalue weighted by atomic mass is 9.82. The summed E-state index contributed by atoms with van der Waals surface area (Å²) in [7, 11) is 0. The Morgan fingerprint density at radius 1 is 0.944 bits per heavy atom. The fraction of sp³-hybridized carbons (Fsp3) is 0.281. The quantitative estimate of drug-likeness (QED) is 0.292. The number of fused-ring (bicyclic) bond motifs is 2. The number of ether oxygens (including phenoxy) is 1. The predicted molar refractivity (Wildman–Crippen MR) is 145 cm³/mol. The maximum absolute atomic E-state index is 12.0. The van der Waals surface area contributed by atoms with Crippen molar-refractivity contribution < 1.29 is 14.6 Å². The van der Waals surface area contributed by atoms with E-state index in [-0.39, 0.29) is 24.0 Å². The molecular weight excluding hydrogens is 446 g/mol. The van der Waals surface area contributed by atoms with Crippen molar-refractivity contribution >= 4 is 16.7 Å². The van der Waals surface area contributed by atoms with E-state index in [2.05, 4.69) is 66.8 Å². The molecule has 5 rings (SSSR count). The molecule has 0 fully saturated rings. The highest BCUT2D eigenvalue weighted by Crippen LogP contribution is 2.41. The minimum Gasteiger partial charge on any atom is -0.489 e. The number of benzene rings is 4. The third-order valence-corrected chi connectivity index (χ3v) is 7.36. The molecule has 1 unspecified atom stereocenters. The summed E-state index contributed by atoms with van der Waals surface area (Å²) in [5.74, 6) is 0.236. The van der Waals surface area contributed by atoms with Crippen LogP contribution in [0.4, 0.5) is 0 Å². The molecule has 1 aliphatic heterocycles. The summed E-state index contributed by atoms with van der Waals surface area (Å²) < 4.78 is 6.42. The molecule has 0 bridgehead atoms. The van der Waals surface area contributed by atoms with E-state index in [9.17, 15) is 9.90 Å². The second-order valence-corrected chi connectivity index (χ2v) is 10.1. The molecule has 0 saturated heterocycles. The van der Waals surface area contributed by atoms with Crippen LogP contribution >= 0.6 is 0 Å². The molecule has 36 heavy (non-hydrogen) atoms. The van der Waals surface area contributed by atoms with Gasteiger partial charge in [-0.2, -0.15) is 0 Å². The van der Waals surface area contributed by atoms with E-state index >= 15 is 0 Å². The van der Waals surface area contributed by atoms with E-state index in [4.69, 9.17) is 4.74 Å². The van der Waals surface area contributed by atoms with Gasteiger partial charge in [0.15, 0.2) is 0 Å². The molecule has 0 spiro atoms. The second-order valence-electron chi connectivity index (χ2n) is 10.1. The predicted octanol–water partition coefficient (Wildman–Crippen LogP) is 7.30. The van der Waals surface area contributed by atoms with E-state index in [1.54, 1.807) is 0 Å². The average Bonchev–Trinajstić information content (AvgIpc) is 2.90. The lowest BCUT2D eigenvalue weighted by Crippen LogP contribution is -2.37. The van der Waals surface area contributed by atoms with E-state index < -0.39 is 5.97 Å². The first-order chi connectivity index (χ1) is 17.4. The lowest BCUT2D eigenvalue weighted by Gasteiger charge is -2.34. The van der Waals surface area contributed by atoms with Gasteiger partial charge in [0.2, 0.25) is 0 Å². The maximum Gasteiger partial charge on any atom is 0.335 e. The largest absolute Gasteiger partial charge is 0.489 e. The molecule has 0 aliphatic carbocycles. The van der Waals surface area contributed by atoms with Crippen LogP contribution < -0.4 is 10.1 Å². The first-order valence-corrected chi connectivity index (χ1v) is 12.8. The Hall–Kier alpha value is -3.63. The minimum atomic E-state index is -0.872. The summed E-state index contributed by atoms with van der Waals surface area (Å²) in [5.41, 5.74) is 4.68. The molecule has 4 nitrogen and oxygen atoms in total. The van der Waals surface area contributed by atoms with E-state index in [1.165, 1.54) is 16.3 Å². The van der Waals surface area contributed by atoms with Crippen LogP contribution in [0.2, 0.25) is 0 Å². The fourth-order valence-corrected chi connectivity index (χ4v) is 5.46. The zero-order chi connectivity index (χ0) is 25.2. The molecule has 3 atom stereocenters. The van der Waals surface area contributed by atoms with Gasteiger partial charge in [0.05, 0.1) is 5.56 Å². The van der Waals surface area contributed by atoms with Crippen molar-refractivity contribution in [1.29, 1.82) is 0 Å². The summed E-state index contributed by atoms with van der Waals surface area (Å²) in [5, 5.41) is 16.1. The molecule has 0 aromatic heterocycles. The SMILES string of the molecule is CC(C)c1ccc([C@@H]2C[C@H](CNC(C)c3cccc4ccccc34)Oc3ccccc32)cc1C(=O)O. The first kappa shape index (κ1) is 24.1. The van der Waals surface area contributed by atoms with Gasteiger partial charge >= 0.3 is 5.97 Å². The van der Waals surface area contributed by atoms with E-state index in [0.717, 1.165) is 28.9 Å². The number of carboxylic acids is 1. The number of carboxylic acid groups (broad SMARTS) is 1. The van der Waals surface area contributed by atoms with Crippen molar-refractivity contribution in [3.8, 4) is 5.75 Å². The topological polar surface area (TPSA) is 58.6 Å². The van der Waals surface area contributed by atoms with E-state index in [1.807, 2.05) is 44.2 Å². The fourth-order valence-electron chi connectivity index (χ4n) is 5.46. The van der Waals surface area contributed by atoms with Crippen LogP contribution in [-0.2, 0) is 0 Å². The van der Waals surface area contributed by atoms with Gasteiger partial charge in [0.25, 0.3) is 0 Å². The van der Waals surface area contributed by atoms with Crippen LogP contribution in [0.25, 0.3) is 10.8 Å².